The number of aromatic nitrogens is 4. The smallest absolute Gasteiger partial charge is 0.409 e. The Morgan fingerprint density at radius 3 is 1.40 bits per heavy atom. The number of carbonyl (C=O) groups is 1. The minimum Gasteiger partial charge on any atom is -0.457 e. The molecule has 0 N–H and O–H groups in total. The summed E-state index contributed by atoms with van der Waals surface area (Å²) in [5.74, 6) is 0.170. The first-order chi connectivity index (χ1) is 25.1. The van der Waals surface area contributed by atoms with E-state index in [0.717, 1.165) is 11.0 Å². The molecule has 0 atom stereocenters. The fourth-order valence-corrected chi connectivity index (χ4v) is 6.33. The zero-order chi connectivity index (χ0) is 37.6. The molecular formula is C37H21Cl2F6N5O3. The van der Waals surface area contributed by atoms with E-state index in [9.17, 15) is 31.1 Å². The third-order valence-electron chi connectivity index (χ3n) is 8.26. The Labute approximate surface area is 305 Å². The molecule has 8 nitrogen and oxygen atoms in total. The summed E-state index contributed by atoms with van der Waals surface area (Å²) in [6, 6.07) is 21.6. The lowest BCUT2D eigenvalue weighted by atomic mass is 9.76. The van der Waals surface area contributed by atoms with Crippen molar-refractivity contribution in [2.24, 2.45) is 5.41 Å². The van der Waals surface area contributed by atoms with E-state index >= 15 is 0 Å². The monoisotopic (exact) mass is 767 g/mol. The van der Waals surface area contributed by atoms with Crippen molar-refractivity contribution in [3.63, 3.8) is 0 Å². The molecule has 7 rings (SSSR count). The number of fused-ring (bicyclic) bond motifs is 2. The first-order valence-corrected chi connectivity index (χ1v) is 16.2. The van der Waals surface area contributed by atoms with Crippen LogP contribution in [-0.2, 0) is 4.79 Å². The fourth-order valence-electron chi connectivity index (χ4n) is 5.66. The Morgan fingerprint density at radius 2 is 0.981 bits per heavy atom. The summed E-state index contributed by atoms with van der Waals surface area (Å²) in [5, 5.41) is 0. The maximum Gasteiger partial charge on any atom is 0.409 e. The quantitative estimate of drug-likeness (QED) is 0.118. The molecule has 2 aromatic heterocycles. The van der Waals surface area contributed by atoms with Gasteiger partial charge in [-0.3, -0.25) is 29.6 Å². The Balaban J connectivity index is 1.25. The van der Waals surface area contributed by atoms with Crippen LogP contribution in [0.4, 0.5) is 37.7 Å². The van der Waals surface area contributed by atoms with Crippen LogP contribution in [0, 0.1) is 5.41 Å². The highest BCUT2D eigenvalue weighted by atomic mass is 35.5. The van der Waals surface area contributed by atoms with Crippen LogP contribution in [0.3, 0.4) is 0 Å². The van der Waals surface area contributed by atoms with Crippen molar-refractivity contribution in [3.05, 3.63) is 134 Å². The van der Waals surface area contributed by atoms with Crippen molar-refractivity contribution in [3.8, 4) is 23.0 Å². The summed E-state index contributed by atoms with van der Waals surface area (Å²) in [4.78, 5) is 32.0. The van der Waals surface area contributed by atoms with Gasteiger partial charge in [-0.05, 0) is 84.9 Å². The van der Waals surface area contributed by atoms with Crippen LogP contribution in [0.1, 0.15) is 0 Å². The van der Waals surface area contributed by atoms with E-state index in [1.54, 1.807) is 48.8 Å². The molecular weight excluding hydrogens is 747 g/mol. The molecule has 0 aliphatic heterocycles. The van der Waals surface area contributed by atoms with Crippen molar-refractivity contribution >= 4 is 62.6 Å². The normalized spacial score (nSPS) is 15.2. The van der Waals surface area contributed by atoms with E-state index in [1.807, 2.05) is 0 Å². The number of nitrogens with zero attached hydrogens (tertiary/aromatic N) is 5. The predicted molar refractivity (Wildman–Crippen MR) is 185 cm³/mol. The summed E-state index contributed by atoms with van der Waals surface area (Å²) in [6.07, 6.45) is -5.20. The van der Waals surface area contributed by atoms with Crippen LogP contribution in [0.5, 0.6) is 23.0 Å². The molecule has 0 spiro atoms. The molecule has 0 radical (unpaired) electrons. The van der Waals surface area contributed by atoms with Gasteiger partial charge in [0, 0.05) is 53.9 Å². The van der Waals surface area contributed by atoms with E-state index in [2.05, 4.69) is 19.9 Å². The molecule has 0 saturated carbocycles. The molecule has 1 amide bonds. The molecule has 0 unspecified atom stereocenters. The number of hydrogen-bond donors (Lipinski definition) is 0. The molecule has 268 valence electrons. The van der Waals surface area contributed by atoms with Gasteiger partial charge in [-0.25, -0.2) is 0 Å². The summed E-state index contributed by atoms with van der Waals surface area (Å²) in [7, 11) is 0. The van der Waals surface area contributed by atoms with Gasteiger partial charge in [0.1, 0.15) is 23.0 Å². The van der Waals surface area contributed by atoms with Gasteiger partial charge in [0.25, 0.3) is 5.91 Å². The number of benzene rings is 4. The van der Waals surface area contributed by atoms with Crippen LogP contribution < -0.4 is 14.4 Å². The number of rotatable bonds is 7. The Kier molecular flexibility index (Phi) is 8.98. The zero-order valence-electron chi connectivity index (χ0n) is 26.6. The molecule has 1 aliphatic carbocycles. The van der Waals surface area contributed by atoms with E-state index in [0.29, 0.717) is 51.1 Å². The standard InChI is InChI=1S/C37H21Cl2F6N5O3/c38-35(39)14-13-22(21-34(35,36(40,41)42)37(43,44)45)33(51)50(23-1-5-25(6-2-23)52-27-9-11-29-31(19-27)48-17-15-46-29)24-3-7-26(8-4-24)53-28-10-12-30-32(20-28)49-18-16-47-30/h1-21H. The molecule has 16 heteroatoms. The van der Waals surface area contributed by atoms with Gasteiger partial charge < -0.3 is 9.47 Å². The average Bonchev–Trinajstić information content (AvgIpc) is 3.12. The molecule has 6 aromatic rings. The van der Waals surface area contributed by atoms with Crippen LogP contribution in [-0.4, -0.2) is 42.5 Å². The number of hydrogen-bond acceptors (Lipinski definition) is 7. The highest BCUT2D eigenvalue weighted by Gasteiger charge is 2.78. The molecule has 0 bridgehead atoms. The number of alkyl halides is 8. The minimum absolute atomic E-state index is 0.0704. The van der Waals surface area contributed by atoms with Gasteiger partial charge in [-0.15, -0.1) is 0 Å². The number of ether oxygens (including phenoxy) is 2. The first kappa shape index (κ1) is 35.7. The zero-order valence-corrected chi connectivity index (χ0v) is 28.1. The Bertz CT molecular complexity index is 2260. The number of amides is 1. The number of carbonyl (C=O) groups excluding carboxylic acids is 1. The lowest BCUT2D eigenvalue weighted by Gasteiger charge is -2.43. The second-order valence-corrected chi connectivity index (χ2v) is 13.0. The van der Waals surface area contributed by atoms with Crippen molar-refractivity contribution in [1.82, 2.24) is 19.9 Å². The largest absolute Gasteiger partial charge is 0.457 e. The van der Waals surface area contributed by atoms with Crippen LogP contribution in [0.15, 0.2) is 134 Å². The molecule has 53 heavy (non-hydrogen) atoms. The lowest BCUT2D eigenvalue weighted by Crippen LogP contribution is -2.59. The Morgan fingerprint density at radius 1 is 0.585 bits per heavy atom. The molecule has 4 aromatic carbocycles. The molecule has 1 aliphatic rings. The molecule has 0 fully saturated rings. The van der Waals surface area contributed by atoms with E-state index in [-0.39, 0.29) is 17.5 Å². The van der Waals surface area contributed by atoms with Crippen LogP contribution >= 0.6 is 23.2 Å². The van der Waals surface area contributed by atoms with Gasteiger partial charge in [0.05, 0.1) is 22.1 Å². The average molecular weight is 769 g/mol. The minimum atomic E-state index is -6.05. The summed E-state index contributed by atoms with van der Waals surface area (Å²) in [5.41, 5.74) is -3.22. The maximum atomic E-state index is 14.4. The number of halogens is 8. The predicted octanol–water partition coefficient (Wildman–Crippen LogP) is 10.6. The summed E-state index contributed by atoms with van der Waals surface area (Å²) in [6.45, 7) is 0. The SMILES string of the molecule is O=C(C1=CC(C(F)(F)F)(C(F)(F)F)C(Cl)(Cl)C=C1)N(c1ccc(Oc2ccc3nccnc3c2)cc1)c1ccc(Oc2ccc3nccnc3c2)cc1. The highest BCUT2D eigenvalue weighted by molar-refractivity contribution is 6.51. The Hall–Kier alpha value is -5.73. The third kappa shape index (κ3) is 6.71. The van der Waals surface area contributed by atoms with E-state index in [4.69, 9.17) is 32.7 Å². The topological polar surface area (TPSA) is 90.3 Å². The maximum absolute atomic E-state index is 14.4. The van der Waals surface area contributed by atoms with Gasteiger partial charge in [0.2, 0.25) is 5.41 Å². The van der Waals surface area contributed by atoms with Gasteiger partial charge in [-0.2, -0.15) is 26.3 Å². The summed E-state index contributed by atoms with van der Waals surface area (Å²) < 4.78 is 94.5. The fraction of sp³-hybridized carbons (Fsp3) is 0.108. The van der Waals surface area contributed by atoms with Crippen molar-refractivity contribution in [2.75, 3.05) is 4.90 Å². The second-order valence-electron chi connectivity index (χ2n) is 11.6. The number of allylic oxidation sites excluding steroid dienone is 2. The molecule has 0 saturated heterocycles. The van der Waals surface area contributed by atoms with E-state index < -0.39 is 33.6 Å². The van der Waals surface area contributed by atoms with Crippen molar-refractivity contribution in [2.45, 2.75) is 16.7 Å². The van der Waals surface area contributed by atoms with Gasteiger partial charge in [-0.1, -0.05) is 29.3 Å². The lowest BCUT2D eigenvalue weighted by molar-refractivity contribution is -0.322. The van der Waals surface area contributed by atoms with Crippen molar-refractivity contribution in [1.29, 1.82) is 0 Å². The van der Waals surface area contributed by atoms with Gasteiger partial charge >= 0.3 is 12.4 Å². The third-order valence-corrected chi connectivity index (χ3v) is 9.11. The van der Waals surface area contributed by atoms with E-state index in [1.165, 1.54) is 60.9 Å². The summed E-state index contributed by atoms with van der Waals surface area (Å²) >= 11 is 11.4. The highest BCUT2D eigenvalue weighted by Crippen LogP contribution is 2.63. The first-order valence-electron chi connectivity index (χ1n) is 15.4. The van der Waals surface area contributed by atoms with Gasteiger partial charge in [0.15, 0.2) is 4.33 Å². The molecule has 2 heterocycles. The van der Waals surface area contributed by atoms with Crippen molar-refractivity contribution < 1.29 is 40.6 Å². The number of anilines is 2. The second kappa shape index (κ2) is 13.4. The van der Waals surface area contributed by atoms with Crippen LogP contribution in [0.2, 0.25) is 0 Å². The van der Waals surface area contributed by atoms with Crippen LogP contribution in [0.25, 0.3) is 22.1 Å².